The molecule has 0 atom stereocenters. The summed E-state index contributed by atoms with van der Waals surface area (Å²) in [4.78, 5) is 21.0. The van der Waals surface area contributed by atoms with Gasteiger partial charge >= 0.3 is 0 Å². The number of amides is 1. The number of thiazole rings is 1. The van der Waals surface area contributed by atoms with E-state index in [0.29, 0.717) is 34.8 Å². The van der Waals surface area contributed by atoms with E-state index in [-0.39, 0.29) is 12.5 Å². The zero-order chi connectivity index (χ0) is 18.8. The van der Waals surface area contributed by atoms with Gasteiger partial charge in [-0.2, -0.15) is 4.98 Å². The maximum absolute atomic E-state index is 12.3. The summed E-state index contributed by atoms with van der Waals surface area (Å²) in [7, 11) is 3.16. The minimum Gasteiger partial charge on any atom is -0.493 e. The summed E-state index contributed by atoms with van der Waals surface area (Å²) < 4.78 is 15.7. The first kappa shape index (κ1) is 17.5. The second-order valence-corrected chi connectivity index (χ2v) is 6.97. The van der Waals surface area contributed by atoms with Crippen LogP contribution in [0.3, 0.4) is 0 Å². The molecule has 8 nitrogen and oxygen atoms in total. The second-order valence-electron chi connectivity index (χ2n) is 6.11. The summed E-state index contributed by atoms with van der Waals surface area (Å²) >= 11 is 1.38. The van der Waals surface area contributed by atoms with Crippen molar-refractivity contribution in [2.75, 3.05) is 14.2 Å². The summed E-state index contributed by atoms with van der Waals surface area (Å²) in [5.74, 6) is 2.49. The van der Waals surface area contributed by atoms with E-state index in [1.807, 2.05) is 18.2 Å². The van der Waals surface area contributed by atoms with Crippen LogP contribution in [0.15, 0.2) is 28.1 Å². The van der Waals surface area contributed by atoms with Crippen LogP contribution in [0.25, 0.3) is 10.6 Å². The molecule has 1 amide bonds. The van der Waals surface area contributed by atoms with Crippen molar-refractivity contribution in [2.45, 2.75) is 25.3 Å². The number of methoxy groups -OCH3 is 2. The van der Waals surface area contributed by atoms with Crippen molar-refractivity contribution in [2.24, 2.45) is 0 Å². The molecule has 1 aliphatic carbocycles. The number of hydrogen-bond acceptors (Lipinski definition) is 8. The third-order valence-corrected chi connectivity index (χ3v) is 5.08. The predicted molar refractivity (Wildman–Crippen MR) is 98.1 cm³/mol. The fourth-order valence-electron chi connectivity index (χ4n) is 2.57. The summed E-state index contributed by atoms with van der Waals surface area (Å²) in [5, 5.41) is 9.09. The largest absolute Gasteiger partial charge is 0.493 e. The van der Waals surface area contributed by atoms with Crippen LogP contribution >= 0.6 is 11.3 Å². The molecular formula is C18H18N4O4S. The average Bonchev–Trinajstić information content (AvgIpc) is 3.24. The van der Waals surface area contributed by atoms with E-state index >= 15 is 0 Å². The Labute approximate surface area is 159 Å². The van der Waals surface area contributed by atoms with Gasteiger partial charge in [0.05, 0.1) is 20.8 Å². The molecule has 0 radical (unpaired) electrons. The molecule has 1 N–H and O–H groups in total. The minimum atomic E-state index is -0.282. The van der Waals surface area contributed by atoms with E-state index in [0.717, 1.165) is 23.4 Å². The SMILES string of the molecule is COc1ccc(-c2nc(C(=O)NCc3noc(C4CC4)n3)cs2)cc1OC. The monoisotopic (exact) mass is 386 g/mol. The molecule has 0 bridgehead atoms. The van der Waals surface area contributed by atoms with E-state index in [1.165, 1.54) is 11.3 Å². The Balaban J connectivity index is 1.42. The van der Waals surface area contributed by atoms with Crippen LogP contribution in [0.4, 0.5) is 0 Å². The Bertz CT molecular complexity index is 964. The highest BCUT2D eigenvalue weighted by Crippen LogP contribution is 2.38. The molecule has 1 aliphatic rings. The van der Waals surface area contributed by atoms with Gasteiger partial charge in [-0.25, -0.2) is 4.98 Å². The minimum absolute atomic E-state index is 0.207. The van der Waals surface area contributed by atoms with Gasteiger partial charge in [0.15, 0.2) is 17.3 Å². The van der Waals surface area contributed by atoms with Crippen LogP contribution in [-0.4, -0.2) is 35.3 Å². The summed E-state index contributed by atoms with van der Waals surface area (Å²) in [6.45, 7) is 0.207. The Morgan fingerprint density at radius 1 is 1.26 bits per heavy atom. The first-order valence-corrected chi connectivity index (χ1v) is 9.34. The Morgan fingerprint density at radius 2 is 2.07 bits per heavy atom. The van der Waals surface area contributed by atoms with Crippen LogP contribution in [0.5, 0.6) is 11.5 Å². The Hall–Kier alpha value is -2.94. The summed E-state index contributed by atoms with van der Waals surface area (Å²) in [5.41, 5.74) is 1.19. The molecule has 1 fully saturated rings. The standard InChI is InChI=1S/C18H18N4O4S/c1-24-13-6-5-11(7-14(13)25-2)18-20-12(9-27-18)16(23)19-8-15-21-17(26-22-15)10-3-4-10/h5-7,9-10H,3-4,8H2,1-2H3,(H,19,23). The highest BCUT2D eigenvalue weighted by molar-refractivity contribution is 7.13. The molecule has 1 saturated carbocycles. The highest BCUT2D eigenvalue weighted by Gasteiger charge is 2.29. The van der Waals surface area contributed by atoms with Gasteiger partial charge in [0, 0.05) is 16.9 Å². The zero-order valence-corrected chi connectivity index (χ0v) is 15.7. The topological polar surface area (TPSA) is 99.4 Å². The van der Waals surface area contributed by atoms with Crippen molar-refractivity contribution in [1.29, 1.82) is 0 Å². The number of benzene rings is 1. The van der Waals surface area contributed by atoms with E-state index in [1.54, 1.807) is 19.6 Å². The molecule has 0 saturated heterocycles. The van der Waals surface area contributed by atoms with Crippen LogP contribution < -0.4 is 14.8 Å². The van der Waals surface area contributed by atoms with Crippen LogP contribution in [0.1, 0.15) is 41.0 Å². The van der Waals surface area contributed by atoms with Gasteiger partial charge in [-0.05, 0) is 31.0 Å². The number of aromatic nitrogens is 3. The average molecular weight is 386 g/mol. The molecule has 1 aromatic carbocycles. The maximum Gasteiger partial charge on any atom is 0.271 e. The van der Waals surface area contributed by atoms with Gasteiger partial charge in [0.2, 0.25) is 5.89 Å². The van der Waals surface area contributed by atoms with Crippen molar-refractivity contribution in [3.63, 3.8) is 0 Å². The van der Waals surface area contributed by atoms with E-state index < -0.39 is 0 Å². The van der Waals surface area contributed by atoms with E-state index in [4.69, 9.17) is 14.0 Å². The molecular weight excluding hydrogens is 368 g/mol. The number of nitrogens with zero attached hydrogens (tertiary/aromatic N) is 3. The molecule has 0 unspecified atom stereocenters. The lowest BCUT2D eigenvalue weighted by Crippen LogP contribution is -2.23. The molecule has 0 spiro atoms. The second kappa shape index (κ2) is 7.36. The lowest BCUT2D eigenvalue weighted by molar-refractivity contribution is 0.0945. The van der Waals surface area contributed by atoms with Gasteiger partial charge in [0.1, 0.15) is 10.7 Å². The third-order valence-electron chi connectivity index (χ3n) is 4.18. The normalized spacial score (nSPS) is 13.4. The Morgan fingerprint density at radius 3 is 2.81 bits per heavy atom. The predicted octanol–water partition coefficient (Wildman–Crippen LogP) is 3.02. The number of carbonyl (C=O) groups excluding carboxylic acids is 1. The van der Waals surface area contributed by atoms with E-state index in [9.17, 15) is 4.79 Å². The molecule has 4 rings (SSSR count). The fraction of sp³-hybridized carbons (Fsp3) is 0.333. The zero-order valence-electron chi connectivity index (χ0n) is 14.9. The lowest BCUT2D eigenvalue weighted by atomic mass is 10.2. The van der Waals surface area contributed by atoms with Gasteiger partial charge in [-0.1, -0.05) is 5.16 Å². The maximum atomic E-state index is 12.3. The number of ether oxygens (including phenoxy) is 2. The third kappa shape index (κ3) is 3.77. The van der Waals surface area contributed by atoms with Gasteiger partial charge < -0.3 is 19.3 Å². The Kier molecular flexibility index (Phi) is 4.76. The van der Waals surface area contributed by atoms with Crippen molar-refractivity contribution >= 4 is 17.2 Å². The number of nitrogens with one attached hydrogen (secondary N) is 1. The molecule has 9 heteroatoms. The first-order chi connectivity index (χ1) is 13.2. The fourth-order valence-corrected chi connectivity index (χ4v) is 3.36. The molecule has 3 aromatic rings. The molecule has 2 aromatic heterocycles. The number of carbonyl (C=O) groups is 1. The highest BCUT2D eigenvalue weighted by atomic mass is 32.1. The van der Waals surface area contributed by atoms with Crippen molar-refractivity contribution in [1.82, 2.24) is 20.4 Å². The molecule has 0 aliphatic heterocycles. The smallest absolute Gasteiger partial charge is 0.271 e. The van der Waals surface area contributed by atoms with Crippen molar-refractivity contribution in [3.05, 3.63) is 41.0 Å². The summed E-state index contributed by atoms with van der Waals surface area (Å²) in [6, 6.07) is 5.52. The quantitative estimate of drug-likeness (QED) is 0.666. The van der Waals surface area contributed by atoms with Crippen LogP contribution in [-0.2, 0) is 6.54 Å². The molecule has 27 heavy (non-hydrogen) atoms. The van der Waals surface area contributed by atoms with Crippen LogP contribution in [0.2, 0.25) is 0 Å². The summed E-state index contributed by atoms with van der Waals surface area (Å²) in [6.07, 6.45) is 2.18. The van der Waals surface area contributed by atoms with E-state index in [2.05, 4.69) is 20.4 Å². The first-order valence-electron chi connectivity index (χ1n) is 8.46. The number of hydrogen-bond donors (Lipinski definition) is 1. The van der Waals surface area contributed by atoms with Gasteiger partial charge in [-0.15, -0.1) is 11.3 Å². The molecule has 2 heterocycles. The van der Waals surface area contributed by atoms with Crippen molar-refractivity contribution < 1.29 is 18.8 Å². The number of rotatable bonds is 7. The van der Waals surface area contributed by atoms with Crippen molar-refractivity contribution in [3.8, 4) is 22.1 Å². The van der Waals surface area contributed by atoms with Gasteiger partial charge in [0.25, 0.3) is 5.91 Å². The molecule has 140 valence electrons. The van der Waals surface area contributed by atoms with Crippen LogP contribution in [0, 0.1) is 0 Å². The lowest BCUT2D eigenvalue weighted by Gasteiger charge is -2.08. The van der Waals surface area contributed by atoms with Gasteiger partial charge in [-0.3, -0.25) is 4.79 Å².